The average molecular weight is 344 g/mol. The number of hydrogen-bond donors (Lipinski definition) is 3. The molecule has 2 rings (SSSR count). The van der Waals surface area contributed by atoms with Gasteiger partial charge >= 0.3 is 0 Å². The molecule has 0 saturated heterocycles. The number of methoxy groups -OCH3 is 3. The van der Waals surface area contributed by atoms with Gasteiger partial charge in [-0.05, 0) is 17.7 Å². The van der Waals surface area contributed by atoms with E-state index in [-0.39, 0.29) is 0 Å². The topological polar surface area (TPSA) is 89.1 Å². The van der Waals surface area contributed by atoms with E-state index >= 15 is 0 Å². The van der Waals surface area contributed by atoms with Crippen LogP contribution in [0.15, 0.2) is 42.5 Å². The van der Waals surface area contributed by atoms with Crippen molar-refractivity contribution in [2.24, 2.45) is 0 Å². The molecule has 0 spiro atoms. The number of carbonyl (C=O) groups is 1. The Hall–Kier alpha value is -3.19. The van der Waals surface area contributed by atoms with Gasteiger partial charge in [-0.1, -0.05) is 18.2 Å². The molecule has 0 aromatic heterocycles. The largest absolute Gasteiger partial charge is 0.493 e. The second-order valence-corrected chi connectivity index (χ2v) is 4.94. The standard InChI is InChI=1S/C18H20N2O5/c1-23-15-10-13(11-16(24-2)18(15)25-3)19-14-7-5-4-6-12(14)8-9-17(21)20-22/h4-11,19,22H,1-3H3,(H,20,21). The Morgan fingerprint density at radius 3 is 2.24 bits per heavy atom. The summed E-state index contributed by atoms with van der Waals surface area (Å²) in [6, 6.07) is 11.0. The monoisotopic (exact) mass is 344 g/mol. The predicted molar refractivity (Wildman–Crippen MR) is 94.8 cm³/mol. The van der Waals surface area contributed by atoms with E-state index in [4.69, 9.17) is 19.4 Å². The summed E-state index contributed by atoms with van der Waals surface area (Å²) in [5.74, 6) is 0.944. The van der Waals surface area contributed by atoms with Crippen molar-refractivity contribution in [3.8, 4) is 17.2 Å². The van der Waals surface area contributed by atoms with Gasteiger partial charge in [0.2, 0.25) is 5.75 Å². The van der Waals surface area contributed by atoms with Crippen molar-refractivity contribution >= 4 is 23.4 Å². The Balaban J connectivity index is 2.37. The van der Waals surface area contributed by atoms with Crippen LogP contribution in [0.2, 0.25) is 0 Å². The van der Waals surface area contributed by atoms with Gasteiger partial charge in [-0.2, -0.15) is 0 Å². The van der Waals surface area contributed by atoms with Crippen LogP contribution in [0, 0.1) is 0 Å². The summed E-state index contributed by atoms with van der Waals surface area (Å²) in [7, 11) is 4.64. The third-order valence-corrected chi connectivity index (χ3v) is 3.43. The predicted octanol–water partition coefficient (Wildman–Crippen LogP) is 2.97. The summed E-state index contributed by atoms with van der Waals surface area (Å²) in [4.78, 5) is 11.2. The fourth-order valence-electron chi connectivity index (χ4n) is 2.27. The van der Waals surface area contributed by atoms with Crippen molar-refractivity contribution < 1.29 is 24.2 Å². The lowest BCUT2D eigenvalue weighted by Gasteiger charge is -2.16. The van der Waals surface area contributed by atoms with Gasteiger partial charge in [0.1, 0.15) is 0 Å². The Bertz CT molecular complexity index is 749. The van der Waals surface area contributed by atoms with Crippen molar-refractivity contribution in [1.82, 2.24) is 5.48 Å². The fourth-order valence-corrected chi connectivity index (χ4v) is 2.27. The van der Waals surface area contributed by atoms with Gasteiger partial charge < -0.3 is 19.5 Å². The molecular weight excluding hydrogens is 324 g/mol. The Morgan fingerprint density at radius 2 is 1.68 bits per heavy atom. The van der Waals surface area contributed by atoms with Crippen molar-refractivity contribution in [2.75, 3.05) is 26.6 Å². The van der Waals surface area contributed by atoms with Gasteiger partial charge in [-0.25, -0.2) is 5.48 Å². The molecule has 0 radical (unpaired) electrons. The molecule has 0 bridgehead atoms. The molecule has 3 N–H and O–H groups in total. The molecule has 0 saturated carbocycles. The zero-order chi connectivity index (χ0) is 18.2. The first-order valence-electron chi connectivity index (χ1n) is 7.41. The number of rotatable bonds is 7. The SMILES string of the molecule is COc1cc(Nc2ccccc2C=CC(=O)NO)cc(OC)c1OC. The molecule has 0 unspecified atom stereocenters. The molecule has 0 fully saturated rings. The van der Waals surface area contributed by atoms with E-state index in [2.05, 4.69) is 5.32 Å². The van der Waals surface area contributed by atoms with Crippen LogP contribution in [-0.4, -0.2) is 32.4 Å². The first-order valence-corrected chi connectivity index (χ1v) is 7.41. The number of para-hydroxylation sites is 1. The summed E-state index contributed by atoms with van der Waals surface area (Å²) in [5.41, 5.74) is 3.80. The van der Waals surface area contributed by atoms with E-state index in [0.717, 1.165) is 16.9 Å². The summed E-state index contributed by atoms with van der Waals surface area (Å²) in [6.07, 6.45) is 2.82. The van der Waals surface area contributed by atoms with Crippen molar-refractivity contribution in [1.29, 1.82) is 0 Å². The van der Waals surface area contributed by atoms with E-state index in [1.807, 2.05) is 24.3 Å². The Labute approximate surface area is 145 Å². The minimum Gasteiger partial charge on any atom is -0.493 e. The van der Waals surface area contributed by atoms with Gasteiger partial charge in [0.15, 0.2) is 11.5 Å². The number of anilines is 2. The molecule has 2 aromatic carbocycles. The van der Waals surface area contributed by atoms with Gasteiger partial charge in [0.25, 0.3) is 5.91 Å². The van der Waals surface area contributed by atoms with Gasteiger partial charge in [-0.15, -0.1) is 0 Å². The maximum atomic E-state index is 11.2. The third-order valence-electron chi connectivity index (χ3n) is 3.43. The third kappa shape index (κ3) is 4.42. The number of carbonyl (C=O) groups excluding carboxylic acids is 1. The molecule has 132 valence electrons. The zero-order valence-electron chi connectivity index (χ0n) is 14.2. The number of hydrogen-bond acceptors (Lipinski definition) is 6. The molecular formula is C18H20N2O5. The number of amides is 1. The first-order chi connectivity index (χ1) is 12.1. The lowest BCUT2D eigenvalue weighted by molar-refractivity contribution is -0.124. The summed E-state index contributed by atoms with van der Waals surface area (Å²) < 4.78 is 16.0. The highest BCUT2D eigenvalue weighted by Gasteiger charge is 2.13. The highest BCUT2D eigenvalue weighted by Crippen LogP contribution is 2.40. The molecule has 0 heterocycles. The summed E-state index contributed by atoms with van der Waals surface area (Å²) in [5, 5.41) is 11.8. The van der Waals surface area contributed by atoms with E-state index in [0.29, 0.717) is 17.2 Å². The quantitative estimate of drug-likeness (QED) is 0.406. The minimum absolute atomic E-state index is 0.503. The second-order valence-electron chi connectivity index (χ2n) is 4.94. The van der Waals surface area contributed by atoms with Crippen LogP contribution in [0.4, 0.5) is 11.4 Å². The Kier molecular flexibility index (Phi) is 6.25. The summed E-state index contributed by atoms with van der Waals surface area (Å²) >= 11 is 0. The molecule has 0 aliphatic carbocycles. The molecule has 0 aliphatic heterocycles. The number of benzene rings is 2. The normalized spacial score (nSPS) is 10.4. The lowest BCUT2D eigenvalue weighted by atomic mass is 10.1. The lowest BCUT2D eigenvalue weighted by Crippen LogP contribution is -2.14. The van der Waals surface area contributed by atoms with Gasteiger partial charge in [0, 0.05) is 29.6 Å². The van der Waals surface area contributed by atoms with E-state index in [1.54, 1.807) is 45.0 Å². The molecule has 1 amide bonds. The van der Waals surface area contributed by atoms with Crippen LogP contribution >= 0.6 is 0 Å². The highest BCUT2D eigenvalue weighted by molar-refractivity contribution is 5.92. The average Bonchev–Trinajstić information content (AvgIpc) is 2.66. The van der Waals surface area contributed by atoms with E-state index < -0.39 is 5.91 Å². The maximum Gasteiger partial charge on any atom is 0.267 e. The van der Waals surface area contributed by atoms with Crippen molar-refractivity contribution in [3.63, 3.8) is 0 Å². The molecule has 0 atom stereocenters. The summed E-state index contributed by atoms with van der Waals surface area (Å²) in [6.45, 7) is 0. The fraction of sp³-hybridized carbons (Fsp3) is 0.167. The van der Waals surface area contributed by atoms with Gasteiger partial charge in [-0.3, -0.25) is 10.0 Å². The number of ether oxygens (including phenoxy) is 3. The molecule has 25 heavy (non-hydrogen) atoms. The molecule has 7 heteroatoms. The number of nitrogens with one attached hydrogen (secondary N) is 2. The van der Waals surface area contributed by atoms with Crippen LogP contribution < -0.4 is 25.0 Å². The van der Waals surface area contributed by atoms with Crippen molar-refractivity contribution in [3.05, 3.63) is 48.0 Å². The molecule has 7 nitrogen and oxygen atoms in total. The zero-order valence-corrected chi connectivity index (χ0v) is 14.2. The van der Waals surface area contributed by atoms with Crippen LogP contribution in [0.3, 0.4) is 0 Å². The van der Waals surface area contributed by atoms with Crippen molar-refractivity contribution in [2.45, 2.75) is 0 Å². The molecule has 0 aliphatic rings. The van der Waals surface area contributed by atoms with Crippen LogP contribution in [0.5, 0.6) is 17.2 Å². The number of hydroxylamine groups is 1. The smallest absolute Gasteiger partial charge is 0.267 e. The van der Waals surface area contributed by atoms with Crippen LogP contribution in [0.1, 0.15) is 5.56 Å². The van der Waals surface area contributed by atoms with Gasteiger partial charge in [0.05, 0.1) is 21.3 Å². The Morgan fingerprint density at radius 1 is 1.04 bits per heavy atom. The van der Waals surface area contributed by atoms with E-state index in [1.165, 1.54) is 6.08 Å². The van der Waals surface area contributed by atoms with E-state index in [9.17, 15) is 4.79 Å². The minimum atomic E-state index is -0.609. The first kappa shape index (κ1) is 18.2. The highest BCUT2D eigenvalue weighted by atomic mass is 16.5. The second kappa shape index (κ2) is 8.60. The van der Waals surface area contributed by atoms with Crippen LogP contribution in [0.25, 0.3) is 6.08 Å². The van der Waals surface area contributed by atoms with Crippen LogP contribution in [-0.2, 0) is 4.79 Å². The maximum absolute atomic E-state index is 11.2. The molecule has 2 aromatic rings.